The molecule has 2 rings (SSSR count). The monoisotopic (exact) mass is 295 g/mol. The summed E-state index contributed by atoms with van der Waals surface area (Å²) in [6, 6.07) is 8.02. The minimum Gasteiger partial charge on any atom is -0.354 e. The minimum absolute atomic E-state index is 0.165. The molecule has 0 saturated carbocycles. The van der Waals surface area contributed by atoms with Crippen molar-refractivity contribution in [2.24, 2.45) is 5.92 Å². The maximum absolute atomic E-state index is 6.00. The summed E-state index contributed by atoms with van der Waals surface area (Å²) in [6.45, 7) is 6.46. The smallest absolute Gasteiger partial charge is 0.206 e. The van der Waals surface area contributed by atoms with E-state index in [0.717, 1.165) is 27.1 Å². The summed E-state index contributed by atoms with van der Waals surface area (Å²) in [6.07, 6.45) is 0.977. The molecule has 2 aromatic rings. The van der Waals surface area contributed by atoms with Gasteiger partial charge in [-0.25, -0.2) is 0 Å². The fourth-order valence-corrected chi connectivity index (χ4v) is 3.03. The van der Waals surface area contributed by atoms with Crippen molar-refractivity contribution in [1.29, 1.82) is 0 Å². The fourth-order valence-electron chi connectivity index (χ4n) is 1.79. The van der Waals surface area contributed by atoms with Gasteiger partial charge in [0.2, 0.25) is 5.13 Å². The van der Waals surface area contributed by atoms with E-state index in [2.05, 4.69) is 42.4 Å². The predicted octanol–water partition coefficient (Wildman–Crippen LogP) is 4.56. The number of benzene rings is 1. The molecule has 5 heteroatoms. The van der Waals surface area contributed by atoms with Crippen LogP contribution in [0.15, 0.2) is 24.3 Å². The summed E-state index contributed by atoms with van der Waals surface area (Å²) in [7, 11) is 0. The Kier molecular flexibility index (Phi) is 4.77. The van der Waals surface area contributed by atoms with E-state index in [1.807, 2.05) is 18.2 Å². The van der Waals surface area contributed by atoms with Gasteiger partial charge in [-0.1, -0.05) is 48.9 Å². The third-order valence-corrected chi connectivity index (χ3v) is 3.85. The summed E-state index contributed by atoms with van der Waals surface area (Å²) in [5.41, 5.74) is 1.15. The lowest BCUT2D eigenvalue weighted by atomic mass is 10.1. The van der Waals surface area contributed by atoms with Crippen LogP contribution in [0.2, 0.25) is 5.02 Å². The maximum atomic E-state index is 6.00. The molecule has 1 heterocycles. The minimum atomic E-state index is 0.165. The zero-order valence-corrected chi connectivity index (χ0v) is 12.9. The van der Waals surface area contributed by atoms with E-state index < -0.39 is 0 Å². The summed E-state index contributed by atoms with van der Waals surface area (Å²) >= 11 is 7.62. The second-order valence-electron chi connectivity index (χ2n) is 5.02. The molecule has 1 aromatic carbocycles. The molecule has 0 aliphatic carbocycles. The molecule has 0 aliphatic heterocycles. The largest absolute Gasteiger partial charge is 0.354 e. The summed E-state index contributed by atoms with van der Waals surface area (Å²) < 4.78 is 0. The molecule has 0 bridgehead atoms. The molecule has 0 radical (unpaired) electrons. The zero-order valence-electron chi connectivity index (χ0n) is 11.4. The first-order valence-corrected chi connectivity index (χ1v) is 7.58. The van der Waals surface area contributed by atoms with Crippen LogP contribution in [0, 0.1) is 5.92 Å². The number of halogens is 1. The van der Waals surface area contributed by atoms with Gasteiger partial charge in [0, 0.05) is 11.4 Å². The van der Waals surface area contributed by atoms with Crippen molar-refractivity contribution in [3.8, 4) is 0 Å². The average molecular weight is 296 g/mol. The van der Waals surface area contributed by atoms with E-state index >= 15 is 0 Å². The van der Waals surface area contributed by atoms with Crippen molar-refractivity contribution >= 4 is 28.1 Å². The second-order valence-corrected chi connectivity index (χ2v) is 6.52. The van der Waals surface area contributed by atoms with Crippen molar-refractivity contribution < 1.29 is 0 Å². The van der Waals surface area contributed by atoms with Crippen molar-refractivity contribution in [2.45, 2.75) is 33.2 Å². The van der Waals surface area contributed by atoms with Crippen LogP contribution in [0.25, 0.3) is 0 Å². The third-order valence-electron chi connectivity index (χ3n) is 2.74. The van der Waals surface area contributed by atoms with Gasteiger partial charge in [-0.15, -0.1) is 10.2 Å². The number of hydrogen-bond acceptors (Lipinski definition) is 4. The highest BCUT2D eigenvalue weighted by Crippen LogP contribution is 2.24. The molecule has 0 amide bonds. The molecular weight excluding hydrogens is 278 g/mol. The SMILES string of the molecule is CC(C)Cc1nnc(NC(C)c2cccc(Cl)c2)s1. The van der Waals surface area contributed by atoms with Gasteiger partial charge in [-0.2, -0.15) is 0 Å². The standard InChI is InChI=1S/C14H18ClN3S/c1-9(2)7-13-17-18-14(19-13)16-10(3)11-5-4-6-12(15)8-11/h4-6,8-10H,7H2,1-3H3,(H,16,18). The zero-order chi connectivity index (χ0) is 13.8. The lowest BCUT2D eigenvalue weighted by Gasteiger charge is -2.12. The Morgan fingerprint density at radius 2 is 2.05 bits per heavy atom. The summed E-state index contributed by atoms with van der Waals surface area (Å²) in [4.78, 5) is 0. The van der Waals surface area contributed by atoms with Gasteiger partial charge in [-0.05, 0) is 30.5 Å². The molecule has 1 unspecified atom stereocenters. The predicted molar refractivity (Wildman–Crippen MR) is 81.9 cm³/mol. The number of nitrogens with one attached hydrogen (secondary N) is 1. The van der Waals surface area contributed by atoms with Crippen LogP contribution in [0.4, 0.5) is 5.13 Å². The summed E-state index contributed by atoms with van der Waals surface area (Å²) in [5.74, 6) is 0.603. The number of nitrogens with zero attached hydrogens (tertiary/aromatic N) is 2. The van der Waals surface area contributed by atoms with Gasteiger partial charge in [0.05, 0.1) is 6.04 Å². The maximum Gasteiger partial charge on any atom is 0.206 e. The van der Waals surface area contributed by atoms with Gasteiger partial charge >= 0.3 is 0 Å². The van der Waals surface area contributed by atoms with E-state index in [-0.39, 0.29) is 6.04 Å². The van der Waals surface area contributed by atoms with E-state index in [1.165, 1.54) is 0 Å². The first kappa shape index (κ1) is 14.3. The fraction of sp³-hybridized carbons (Fsp3) is 0.429. The second kappa shape index (κ2) is 6.35. The molecule has 1 aromatic heterocycles. The van der Waals surface area contributed by atoms with E-state index in [4.69, 9.17) is 11.6 Å². The van der Waals surface area contributed by atoms with Crippen LogP contribution in [0.5, 0.6) is 0 Å². The molecule has 1 atom stereocenters. The number of anilines is 1. The van der Waals surface area contributed by atoms with Gasteiger partial charge in [-0.3, -0.25) is 0 Å². The Balaban J connectivity index is 2.02. The molecule has 19 heavy (non-hydrogen) atoms. The van der Waals surface area contributed by atoms with Crippen molar-refractivity contribution in [1.82, 2.24) is 10.2 Å². The quantitative estimate of drug-likeness (QED) is 0.878. The van der Waals surface area contributed by atoms with Crippen molar-refractivity contribution in [3.63, 3.8) is 0 Å². The topological polar surface area (TPSA) is 37.8 Å². The van der Waals surface area contributed by atoms with Gasteiger partial charge < -0.3 is 5.32 Å². The Hall–Kier alpha value is -1.13. The average Bonchev–Trinajstić information content (AvgIpc) is 2.75. The molecule has 0 aliphatic rings. The van der Waals surface area contributed by atoms with Crippen LogP contribution in [-0.2, 0) is 6.42 Å². The van der Waals surface area contributed by atoms with E-state index in [0.29, 0.717) is 5.92 Å². The highest BCUT2D eigenvalue weighted by molar-refractivity contribution is 7.15. The van der Waals surface area contributed by atoms with Crippen molar-refractivity contribution in [3.05, 3.63) is 39.9 Å². The first-order valence-electron chi connectivity index (χ1n) is 6.39. The van der Waals surface area contributed by atoms with E-state index in [1.54, 1.807) is 11.3 Å². The molecule has 1 N–H and O–H groups in total. The van der Waals surface area contributed by atoms with Crippen LogP contribution in [0.3, 0.4) is 0 Å². The molecule has 3 nitrogen and oxygen atoms in total. The van der Waals surface area contributed by atoms with Gasteiger partial charge in [0.15, 0.2) is 0 Å². The first-order chi connectivity index (χ1) is 9.04. The van der Waals surface area contributed by atoms with Gasteiger partial charge in [0.1, 0.15) is 5.01 Å². The highest BCUT2D eigenvalue weighted by atomic mass is 35.5. The Bertz CT molecular complexity index is 539. The van der Waals surface area contributed by atoms with Gasteiger partial charge in [0.25, 0.3) is 0 Å². The normalized spacial score (nSPS) is 12.7. The van der Waals surface area contributed by atoms with Crippen LogP contribution in [-0.4, -0.2) is 10.2 Å². The Labute approximate surface area is 123 Å². The Morgan fingerprint density at radius 1 is 1.26 bits per heavy atom. The summed E-state index contributed by atoms with van der Waals surface area (Å²) in [5, 5.41) is 14.4. The molecule has 102 valence electrons. The molecule has 0 saturated heterocycles. The van der Waals surface area contributed by atoms with E-state index in [9.17, 15) is 0 Å². The number of aromatic nitrogens is 2. The molecular formula is C14H18ClN3S. The van der Waals surface area contributed by atoms with Crippen LogP contribution >= 0.6 is 22.9 Å². The highest BCUT2D eigenvalue weighted by Gasteiger charge is 2.10. The van der Waals surface area contributed by atoms with Crippen LogP contribution in [0.1, 0.15) is 37.4 Å². The molecule has 0 fully saturated rings. The van der Waals surface area contributed by atoms with Crippen LogP contribution < -0.4 is 5.32 Å². The third kappa shape index (κ3) is 4.18. The lowest BCUT2D eigenvalue weighted by molar-refractivity contribution is 0.640. The Morgan fingerprint density at radius 3 is 2.74 bits per heavy atom. The number of hydrogen-bond donors (Lipinski definition) is 1. The molecule has 0 spiro atoms. The lowest BCUT2D eigenvalue weighted by Crippen LogP contribution is -2.06. The van der Waals surface area contributed by atoms with Crippen molar-refractivity contribution in [2.75, 3.05) is 5.32 Å². The number of rotatable bonds is 5.